The van der Waals surface area contributed by atoms with Gasteiger partial charge < -0.3 is 29.9 Å². The molecule has 0 aliphatic carbocycles. The molecule has 40 heavy (non-hydrogen) atoms. The summed E-state index contributed by atoms with van der Waals surface area (Å²) >= 11 is 0. The van der Waals surface area contributed by atoms with Crippen molar-refractivity contribution in [1.82, 2.24) is 20.3 Å². The largest absolute Gasteiger partial charge is 0.390 e. The third kappa shape index (κ3) is 6.48. The second kappa shape index (κ2) is 13.0. The van der Waals surface area contributed by atoms with Crippen molar-refractivity contribution in [1.29, 1.82) is 5.26 Å². The fourth-order valence-corrected chi connectivity index (χ4v) is 4.89. The number of hydrogen-bond acceptors (Lipinski definition) is 9. The van der Waals surface area contributed by atoms with Gasteiger partial charge in [0.05, 0.1) is 25.4 Å². The Hall–Kier alpha value is -3.82. The highest BCUT2D eigenvalue weighted by atomic mass is 16.7. The number of rotatable bonds is 10. The fraction of sp³-hybridized carbons (Fsp3) is 0.448. The van der Waals surface area contributed by atoms with Crippen LogP contribution in [0.1, 0.15) is 32.0 Å². The molecule has 11 nitrogen and oxygen atoms in total. The minimum Gasteiger partial charge on any atom is -0.390 e. The van der Waals surface area contributed by atoms with Crippen molar-refractivity contribution in [3.8, 4) is 6.07 Å². The first-order valence-electron chi connectivity index (χ1n) is 13.4. The lowest BCUT2D eigenvalue weighted by molar-refractivity contribution is -0.272. The van der Waals surface area contributed by atoms with Gasteiger partial charge in [-0.1, -0.05) is 30.3 Å². The first kappa shape index (κ1) is 29.2. The van der Waals surface area contributed by atoms with Gasteiger partial charge in [0.2, 0.25) is 0 Å². The second-order valence-corrected chi connectivity index (χ2v) is 9.87. The molecule has 2 heterocycles. The van der Waals surface area contributed by atoms with E-state index in [1.807, 2.05) is 30.3 Å². The van der Waals surface area contributed by atoms with Crippen molar-refractivity contribution in [3.63, 3.8) is 0 Å². The number of aliphatic hydroxyl groups excluding tert-OH is 2. The number of methoxy groups -OCH3 is 1. The quantitative estimate of drug-likeness (QED) is 0.256. The average Bonchev–Trinajstić information content (AvgIpc) is 3.42. The number of hydrogen-bond donors (Lipinski definition) is 3. The number of aromatic nitrogens is 3. The van der Waals surface area contributed by atoms with Crippen LogP contribution in [-0.2, 0) is 27.4 Å². The standard InChI is InChI=1S/C29H36N6O5/c1-5-34(6-2)24-10-9-20-11-19(7-8-21(20)13-24)12-22(14-30)28(38)31-15-23-16-35(33-32-23)17-25-27(37)26(36)18(3)29(39-4)40-25/h7-13,16,18,25-27,29,36-37H,5-6,15,17H2,1-4H3,(H,31,38)/b22-12+/t18-,25-,26-,27-,29+/m1/s1. The van der Waals surface area contributed by atoms with E-state index in [2.05, 4.69) is 46.5 Å². The van der Waals surface area contributed by atoms with Gasteiger partial charge in [-0.2, -0.15) is 5.26 Å². The van der Waals surface area contributed by atoms with Crippen LogP contribution in [0.2, 0.25) is 0 Å². The number of benzene rings is 2. The summed E-state index contributed by atoms with van der Waals surface area (Å²) in [7, 11) is 1.48. The van der Waals surface area contributed by atoms with Crippen LogP contribution >= 0.6 is 0 Å². The van der Waals surface area contributed by atoms with Crippen LogP contribution in [0.3, 0.4) is 0 Å². The number of carbonyl (C=O) groups is 1. The summed E-state index contributed by atoms with van der Waals surface area (Å²) in [5, 5.41) is 43.2. The molecule has 0 spiro atoms. The summed E-state index contributed by atoms with van der Waals surface area (Å²) in [5.74, 6) is -0.916. The van der Waals surface area contributed by atoms with Gasteiger partial charge in [0.15, 0.2) is 6.29 Å². The molecule has 2 aromatic carbocycles. The first-order valence-corrected chi connectivity index (χ1v) is 13.4. The molecule has 5 atom stereocenters. The van der Waals surface area contributed by atoms with Gasteiger partial charge >= 0.3 is 0 Å². The summed E-state index contributed by atoms with van der Waals surface area (Å²) in [6.07, 6.45) is -0.363. The second-order valence-electron chi connectivity index (χ2n) is 9.87. The Balaban J connectivity index is 1.38. The van der Waals surface area contributed by atoms with Crippen LogP contribution in [0.15, 0.2) is 48.2 Å². The van der Waals surface area contributed by atoms with Crippen LogP contribution < -0.4 is 10.2 Å². The molecule has 1 aliphatic heterocycles. The molecule has 1 amide bonds. The third-order valence-corrected chi connectivity index (χ3v) is 7.28. The maximum Gasteiger partial charge on any atom is 0.262 e. The van der Waals surface area contributed by atoms with Crippen molar-refractivity contribution < 1.29 is 24.5 Å². The van der Waals surface area contributed by atoms with Crippen LogP contribution in [-0.4, -0.2) is 75.9 Å². The van der Waals surface area contributed by atoms with Gasteiger partial charge in [-0.15, -0.1) is 5.10 Å². The Morgan fingerprint density at radius 1 is 1.20 bits per heavy atom. The van der Waals surface area contributed by atoms with Gasteiger partial charge in [-0.25, -0.2) is 4.68 Å². The van der Waals surface area contributed by atoms with E-state index in [0.29, 0.717) is 5.69 Å². The lowest BCUT2D eigenvalue weighted by Crippen LogP contribution is -2.55. The predicted molar refractivity (Wildman–Crippen MR) is 150 cm³/mol. The number of nitrogens with one attached hydrogen (secondary N) is 1. The van der Waals surface area contributed by atoms with Crippen LogP contribution in [0.4, 0.5) is 5.69 Å². The van der Waals surface area contributed by atoms with Gasteiger partial charge in [-0.05, 0) is 54.5 Å². The highest BCUT2D eigenvalue weighted by Crippen LogP contribution is 2.27. The van der Waals surface area contributed by atoms with Gasteiger partial charge in [0, 0.05) is 31.8 Å². The van der Waals surface area contributed by atoms with Gasteiger partial charge in [-0.3, -0.25) is 4.79 Å². The van der Waals surface area contributed by atoms with E-state index in [9.17, 15) is 20.3 Å². The van der Waals surface area contributed by atoms with Crippen LogP contribution in [0.25, 0.3) is 16.8 Å². The molecule has 11 heteroatoms. The summed E-state index contributed by atoms with van der Waals surface area (Å²) in [4.78, 5) is 15.0. The molecule has 0 bridgehead atoms. The van der Waals surface area contributed by atoms with Gasteiger partial charge in [0.25, 0.3) is 5.91 Å². The number of anilines is 1. The number of carbonyl (C=O) groups excluding carboxylic acids is 1. The zero-order chi connectivity index (χ0) is 28.8. The summed E-state index contributed by atoms with van der Waals surface area (Å²) in [6, 6.07) is 14.1. The lowest BCUT2D eigenvalue weighted by Gasteiger charge is -2.40. The summed E-state index contributed by atoms with van der Waals surface area (Å²) < 4.78 is 12.5. The molecule has 3 N–H and O–H groups in total. The highest BCUT2D eigenvalue weighted by Gasteiger charge is 2.42. The Morgan fingerprint density at radius 2 is 1.93 bits per heavy atom. The summed E-state index contributed by atoms with van der Waals surface area (Å²) in [6.45, 7) is 8.03. The number of nitriles is 1. The van der Waals surface area contributed by atoms with Crippen LogP contribution in [0.5, 0.6) is 0 Å². The molecule has 0 unspecified atom stereocenters. The van der Waals surface area contributed by atoms with Crippen molar-refractivity contribution in [3.05, 3.63) is 59.4 Å². The Kier molecular flexibility index (Phi) is 9.50. The number of fused-ring (bicyclic) bond motifs is 1. The maximum atomic E-state index is 12.7. The van der Waals surface area contributed by atoms with Crippen molar-refractivity contribution >= 4 is 28.4 Å². The predicted octanol–water partition coefficient (Wildman–Crippen LogP) is 2.23. The number of aliphatic hydroxyl groups is 2. The number of nitrogens with zero attached hydrogens (tertiary/aromatic N) is 5. The highest BCUT2D eigenvalue weighted by molar-refractivity contribution is 6.02. The minimum atomic E-state index is -1.11. The van der Waals surface area contributed by atoms with E-state index < -0.39 is 30.5 Å². The zero-order valence-electron chi connectivity index (χ0n) is 23.2. The third-order valence-electron chi connectivity index (χ3n) is 7.28. The van der Waals surface area contributed by atoms with Crippen molar-refractivity contribution in [2.45, 2.75) is 58.5 Å². The van der Waals surface area contributed by atoms with Crippen molar-refractivity contribution in [2.24, 2.45) is 5.92 Å². The minimum absolute atomic E-state index is 0.0288. The van der Waals surface area contributed by atoms with E-state index in [0.717, 1.165) is 35.1 Å². The zero-order valence-corrected chi connectivity index (χ0v) is 23.2. The maximum absolute atomic E-state index is 12.7. The molecule has 0 saturated carbocycles. The van der Waals surface area contributed by atoms with E-state index in [1.165, 1.54) is 11.8 Å². The SMILES string of the molecule is CCN(CC)c1ccc2cc(/C=C(\C#N)C(=O)NCc3cn(C[C@H]4O[C@H](OC)[C@H](C)[C@@H](O)[C@@H]4O)nn3)ccc2c1. The first-order chi connectivity index (χ1) is 19.3. The smallest absolute Gasteiger partial charge is 0.262 e. The van der Waals surface area contributed by atoms with E-state index >= 15 is 0 Å². The molecule has 1 aliphatic rings. The molecule has 4 rings (SSSR count). The molecular weight excluding hydrogens is 512 g/mol. The molecular formula is C29H36N6O5. The Bertz CT molecular complexity index is 1390. The molecule has 1 aromatic heterocycles. The molecule has 0 radical (unpaired) electrons. The molecule has 212 valence electrons. The van der Waals surface area contributed by atoms with E-state index in [1.54, 1.807) is 19.2 Å². The molecule has 3 aromatic rings. The van der Waals surface area contributed by atoms with Crippen LogP contribution in [0, 0.1) is 17.2 Å². The lowest BCUT2D eigenvalue weighted by atomic mass is 9.92. The number of amides is 1. The molecule has 1 saturated heterocycles. The van der Waals surface area contributed by atoms with E-state index in [4.69, 9.17) is 9.47 Å². The fourth-order valence-electron chi connectivity index (χ4n) is 4.89. The van der Waals surface area contributed by atoms with Gasteiger partial charge in [0.1, 0.15) is 29.5 Å². The summed E-state index contributed by atoms with van der Waals surface area (Å²) in [5.41, 5.74) is 2.34. The van der Waals surface area contributed by atoms with E-state index in [-0.39, 0.29) is 24.6 Å². The monoisotopic (exact) mass is 548 g/mol. The normalized spacial score (nSPS) is 23.1. The van der Waals surface area contributed by atoms with Crippen molar-refractivity contribution in [2.75, 3.05) is 25.1 Å². The average molecular weight is 549 g/mol. The Morgan fingerprint density at radius 3 is 2.62 bits per heavy atom. The topological polar surface area (TPSA) is 146 Å². The molecule has 1 fully saturated rings. The Labute approximate surface area is 233 Å². The number of ether oxygens (including phenoxy) is 2.